The number of rotatable bonds is 6. The van der Waals surface area contributed by atoms with Crippen LogP contribution in [0.1, 0.15) is 43.3 Å². The Morgan fingerprint density at radius 2 is 2.10 bits per heavy atom. The third-order valence-electron chi connectivity index (χ3n) is 5.70. The maximum atomic E-state index is 4.72. The summed E-state index contributed by atoms with van der Waals surface area (Å²) in [5.74, 6) is 0.772. The summed E-state index contributed by atoms with van der Waals surface area (Å²) in [6.45, 7) is 9.17. The number of hydrogen-bond acceptors (Lipinski definition) is 8. The molecule has 2 aliphatic rings. The molecule has 5 heterocycles. The predicted octanol–water partition coefficient (Wildman–Crippen LogP) is 3.40. The Balaban J connectivity index is 1.39. The summed E-state index contributed by atoms with van der Waals surface area (Å²) in [6, 6.07) is 2.15. The molecule has 2 N–H and O–H groups in total. The van der Waals surface area contributed by atoms with Gasteiger partial charge in [0.15, 0.2) is 11.5 Å². The van der Waals surface area contributed by atoms with E-state index in [1.165, 1.54) is 49.5 Å². The van der Waals surface area contributed by atoms with Crippen LogP contribution in [0, 0.1) is 6.92 Å². The normalized spacial score (nSPS) is 17.7. The van der Waals surface area contributed by atoms with E-state index >= 15 is 0 Å². The highest BCUT2D eigenvalue weighted by molar-refractivity contribution is 7.10. The zero-order valence-electron chi connectivity index (χ0n) is 17.6. The van der Waals surface area contributed by atoms with Crippen LogP contribution in [-0.4, -0.2) is 54.8 Å². The number of nitrogens with one attached hydrogen (secondary N) is 2. The van der Waals surface area contributed by atoms with Gasteiger partial charge < -0.3 is 10.3 Å². The lowest BCUT2D eigenvalue weighted by Gasteiger charge is -2.25. The van der Waals surface area contributed by atoms with Gasteiger partial charge in [-0.25, -0.2) is 15.4 Å². The first-order valence-corrected chi connectivity index (χ1v) is 11.5. The molecule has 0 saturated carbocycles. The van der Waals surface area contributed by atoms with Crippen molar-refractivity contribution >= 4 is 33.6 Å². The maximum absolute atomic E-state index is 4.72. The summed E-state index contributed by atoms with van der Waals surface area (Å²) in [7, 11) is 0. The summed E-state index contributed by atoms with van der Waals surface area (Å²) in [5, 5.41) is 6.57. The van der Waals surface area contributed by atoms with Crippen LogP contribution < -0.4 is 10.7 Å². The lowest BCUT2D eigenvalue weighted by atomic mass is 10.1. The molecule has 0 spiro atoms. The number of likely N-dealkylation sites (tertiary alicyclic amines) is 1. The van der Waals surface area contributed by atoms with E-state index in [0.717, 1.165) is 53.2 Å². The molecular formula is C21H28N8S. The molecule has 0 atom stereocenters. The fourth-order valence-corrected chi connectivity index (χ4v) is 4.82. The van der Waals surface area contributed by atoms with Gasteiger partial charge in [0.25, 0.3) is 0 Å². The minimum absolute atomic E-state index is 0.772. The van der Waals surface area contributed by atoms with Crippen LogP contribution in [0.5, 0.6) is 0 Å². The first-order valence-electron chi connectivity index (χ1n) is 10.7. The molecule has 0 aromatic carbocycles. The van der Waals surface area contributed by atoms with Gasteiger partial charge in [0.1, 0.15) is 5.00 Å². The van der Waals surface area contributed by atoms with Crippen molar-refractivity contribution in [2.75, 3.05) is 31.5 Å². The molecule has 5 rings (SSSR count). The van der Waals surface area contributed by atoms with Gasteiger partial charge in [0.2, 0.25) is 0 Å². The van der Waals surface area contributed by atoms with Crippen molar-refractivity contribution in [3.63, 3.8) is 0 Å². The molecule has 3 aromatic rings. The van der Waals surface area contributed by atoms with E-state index in [2.05, 4.69) is 53.6 Å². The molecule has 0 amide bonds. The zero-order chi connectivity index (χ0) is 20.5. The van der Waals surface area contributed by atoms with Crippen LogP contribution in [0.4, 0.5) is 10.8 Å². The lowest BCUT2D eigenvalue weighted by molar-refractivity contribution is 0.219. The topological polar surface area (TPSA) is 73.6 Å². The number of nitrogens with zero attached hydrogens (tertiary/aromatic N) is 6. The van der Waals surface area contributed by atoms with E-state index in [-0.39, 0.29) is 0 Å². The number of imidazole rings is 1. The van der Waals surface area contributed by atoms with Crippen molar-refractivity contribution in [1.29, 1.82) is 0 Å². The van der Waals surface area contributed by atoms with Crippen molar-refractivity contribution in [1.82, 2.24) is 34.1 Å². The molecular weight excluding hydrogens is 396 g/mol. The van der Waals surface area contributed by atoms with Crippen molar-refractivity contribution in [2.24, 2.45) is 0 Å². The summed E-state index contributed by atoms with van der Waals surface area (Å²) >= 11 is 1.49. The average molecular weight is 425 g/mol. The quantitative estimate of drug-likeness (QED) is 0.628. The highest BCUT2D eigenvalue weighted by atomic mass is 32.1. The van der Waals surface area contributed by atoms with E-state index in [0.29, 0.717) is 0 Å². The van der Waals surface area contributed by atoms with Crippen LogP contribution in [0.15, 0.2) is 24.7 Å². The molecule has 1 fully saturated rings. The summed E-state index contributed by atoms with van der Waals surface area (Å²) in [5.41, 5.74) is 8.59. The molecule has 0 radical (unpaired) electrons. The highest BCUT2D eigenvalue weighted by Crippen LogP contribution is 2.27. The van der Waals surface area contributed by atoms with Gasteiger partial charge in [-0.15, -0.1) is 0 Å². The van der Waals surface area contributed by atoms with Gasteiger partial charge >= 0.3 is 0 Å². The van der Waals surface area contributed by atoms with Crippen molar-refractivity contribution < 1.29 is 0 Å². The Kier molecular flexibility index (Phi) is 5.41. The molecule has 0 bridgehead atoms. The van der Waals surface area contributed by atoms with Gasteiger partial charge in [0, 0.05) is 37.6 Å². The number of hydrogen-bond donors (Lipinski definition) is 2. The van der Waals surface area contributed by atoms with Crippen molar-refractivity contribution in [3.8, 4) is 0 Å². The van der Waals surface area contributed by atoms with Gasteiger partial charge in [-0.05, 0) is 57.4 Å². The molecule has 30 heavy (non-hydrogen) atoms. The number of aromatic nitrogens is 4. The van der Waals surface area contributed by atoms with Crippen molar-refractivity contribution in [2.45, 2.75) is 39.7 Å². The Morgan fingerprint density at radius 3 is 2.90 bits per heavy atom. The van der Waals surface area contributed by atoms with Gasteiger partial charge in [-0.1, -0.05) is 6.42 Å². The number of fused-ring (bicyclic) bond motifs is 1. The number of piperidine rings is 1. The fourth-order valence-electron chi connectivity index (χ4n) is 4.16. The van der Waals surface area contributed by atoms with Gasteiger partial charge in [-0.2, -0.15) is 4.37 Å². The molecule has 2 aliphatic heterocycles. The zero-order valence-corrected chi connectivity index (χ0v) is 18.4. The molecule has 158 valence electrons. The Morgan fingerprint density at radius 1 is 1.23 bits per heavy atom. The molecule has 3 aromatic heterocycles. The van der Waals surface area contributed by atoms with Crippen LogP contribution in [-0.2, 0) is 6.54 Å². The number of anilines is 2. The first kappa shape index (κ1) is 19.5. The molecule has 0 unspecified atom stereocenters. The van der Waals surface area contributed by atoms with Crippen LogP contribution in [0.25, 0.3) is 11.2 Å². The highest BCUT2D eigenvalue weighted by Gasteiger charge is 2.18. The SMILES string of the molecule is CCN1C=C(c2cnc3c(Nc4cc(CN5CCCCC5)ns4)nc(C)cn23)CN1. The van der Waals surface area contributed by atoms with Gasteiger partial charge in [-0.3, -0.25) is 9.30 Å². The summed E-state index contributed by atoms with van der Waals surface area (Å²) in [6.07, 6.45) is 10.1. The second kappa shape index (κ2) is 8.33. The first-order chi connectivity index (χ1) is 14.7. The third kappa shape index (κ3) is 3.92. The van der Waals surface area contributed by atoms with E-state index < -0.39 is 0 Å². The second-order valence-corrected chi connectivity index (χ2v) is 8.79. The van der Waals surface area contributed by atoms with Crippen LogP contribution in [0.3, 0.4) is 0 Å². The number of hydrazine groups is 1. The van der Waals surface area contributed by atoms with E-state index in [9.17, 15) is 0 Å². The smallest absolute Gasteiger partial charge is 0.180 e. The van der Waals surface area contributed by atoms with Crippen LogP contribution in [0.2, 0.25) is 0 Å². The van der Waals surface area contributed by atoms with Crippen molar-refractivity contribution in [3.05, 3.63) is 41.7 Å². The van der Waals surface area contributed by atoms with Gasteiger partial charge in [0.05, 0.1) is 23.3 Å². The maximum Gasteiger partial charge on any atom is 0.180 e. The predicted molar refractivity (Wildman–Crippen MR) is 121 cm³/mol. The fraction of sp³-hybridized carbons (Fsp3) is 0.476. The monoisotopic (exact) mass is 424 g/mol. The molecule has 8 nitrogen and oxygen atoms in total. The van der Waals surface area contributed by atoms with E-state index in [1.54, 1.807) is 0 Å². The van der Waals surface area contributed by atoms with Crippen LogP contribution >= 0.6 is 11.5 Å². The molecule has 1 saturated heterocycles. The summed E-state index contributed by atoms with van der Waals surface area (Å²) < 4.78 is 6.79. The second-order valence-electron chi connectivity index (χ2n) is 7.99. The minimum atomic E-state index is 0.772. The lowest BCUT2D eigenvalue weighted by Crippen LogP contribution is -2.29. The third-order valence-corrected chi connectivity index (χ3v) is 6.44. The Hall–Kier alpha value is -2.49. The largest absolute Gasteiger partial charge is 0.328 e. The van der Waals surface area contributed by atoms with E-state index in [1.807, 2.05) is 19.3 Å². The Labute approximate surface area is 180 Å². The summed E-state index contributed by atoms with van der Waals surface area (Å²) in [4.78, 5) is 11.9. The average Bonchev–Trinajstić information content (AvgIpc) is 3.48. The molecule has 0 aliphatic carbocycles. The van der Waals surface area contributed by atoms with E-state index in [4.69, 9.17) is 4.98 Å². The number of aryl methyl sites for hydroxylation is 1. The Bertz CT molecular complexity index is 1060. The standard InChI is InChI=1S/C21H28N8S/c1-3-28-13-16(10-23-28)18-11-22-21-20(24-15(2)12-29(18)21)25-19-9-17(26-30-19)14-27-7-5-4-6-8-27/h9,11-13,23H,3-8,10,14H2,1-2H3,(H,24,25). The molecule has 9 heteroatoms. The minimum Gasteiger partial charge on any atom is -0.328 e.